The van der Waals surface area contributed by atoms with E-state index < -0.39 is 0 Å². The van der Waals surface area contributed by atoms with Gasteiger partial charge in [0, 0.05) is 28.0 Å². The molecule has 2 unspecified atom stereocenters. The Kier molecular flexibility index (Phi) is 6.42. The highest BCUT2D eigenvalue weighted by Crippen LogP contribution is 2.25. The maximum atomic E-state index is 3.49. The highest BCUT2D eigenvalue weighted by atomic mass is 79.9. The molecule has 0 aliphatic rings. The van der Waals surface area contributed by atoms with E-state index in [9.17, 15) is 0 Å². The van der Waals surface area contributed by atoms with E-state index in [1.165, 1.54) is 10.4 Å². The number of nitrogens with zero attached hydrogens (tertiary/aromatic N) is 1. The van der Waals surface area contributed by atoms with Crippen LogP contribution in [0.2, 0.25) is 0 Å². The first-order valence-electron chi connectivity index (χ1n) is 7.28. The van der Waals surface area contributed by atoms with Gasteiger partial charge in [-0.05, 0) is 56.6 Å². The molecule has 0 saturated carbocycles. The number of rotatable bonds is 7. The van der Waals surface area contributed by atoms with Crippen LogP contribution in [0.4, 0.5) is 0 Å². The molecule has 0 bridgehead atoms. The fourth-order valence-electron chi connectivity index (χ4n) is 2.45. The summed E-state index contributed by atoms with van der Waals surface area (Å²) in [5.41, 5.74) is 1.35. The Balaban J connectivity index is 1.92. The van der Waals surface area contributed by atoms with Crippen LogP contribution in [0.5, 0.6) is 0 Å². The first kappa shape index (κ1) is 16.7. The van der Waals surface area contributed by atoms with Crippen molar-refractivity contribution in [3.8, 4) is 0 Å². The van der Waals surface area contributed by atoms with E-state index in [0.29, 0.717) is 12.1 Å². The van der Waals surface area contributed by atoms with Crippen molar-refractivity contribution in [2.75, 3.05) is 20.6 Å². The van der Waals surface area contributed by atoms with Crippen LogP contribution in [0, 0.1) is 0 Å². The molecule has 2 nitrogen and oxygen atoms in total. The lowest BCUT2D eigenvalue weighted by Gasteiger charge is -2.26. The number of hydrogen-bond acceptors (Lipinski definition) is 3. The van der Waals surface area contributed by atoms with Crippen LogP contribution in [0.3, 0.4) is 0 Å². The van der Waals surface area contributed by atoms with Crippen LogP contribution in [0.1, 0.15) is 35.9 Å². The minimum absolute atomic E-state index is 0.399. The minimum Gasteiger partial charge on any atom is -0.313 e. The third-order valence-corrected chi connectivity index (χ3v) is 5.58. The Morgan fingerprint density at radius 3 is 2.52 bits per heavy atom. The molecule has 1 aromatic heterocycles. The van der Waals surface area contributed by atoms with Crippen LogP contribution in [0.15, 0.2) is 46.3 Å². The molecule has 2 aromatic rings. The second-order valence-corrected chi connectivity index (χ2v) is 7.25. The molecule has 4 heteroatoms. The molecule has 2 atom stereocenters. The smallest absolute Gasteiger partial charge is 0.0410 e. The molecule has 0 fully saturated rings. The van der Waals surface area contributed by atoms with Gasteiger partial charge < -0.3 is 5.32 Å². The average Bonchev–Trinajstić information content (AvgIpc) is 3.02. The highest BCUT2D eigenvalue weighted by molar-refractivity contribution is 9.10. The standard InChI is InChI=1S/C17H23BrN2S/c1-13(17-5-4-12-21-17)20(3)11-10-16(19-2)14-6-8-15(18)9-7-14/h4-9,12-13,16,19H,10-11H2,1-3H3. The monoisotopic (exact) mass is 366 g/mol. The molecule has 0 radical (unpaired) electrons. The van der Waals surface area contributed by atoms with Gasteiger partial charge in [0.15, 0.2) is 0 Å². The van der Waals surface area contributed by atoms with Gasteiger partial charge in [0.25, 0.3) is 0 Å². The second-order valence-electron chi connectivity index (χ2n) is 5.35. The minimum atomic E-state index is 0.399. The van der Waals surface area contributed by atoms with Crippen molar-refractivity contribution in [1.29, 1.82) is 0 Å². The zero-order valence-electron chi connectivity index (χ0n) is 12.8. The molecule has 0 aliphatic heterocycles. The van der Waals surface area contributed by atoms with Gasteiger partial charge in [0.2, 0.25) is 0 Å². The predicted octanol–water partition coefficient (Wildman–Crippen LogP) is 4.85. The van der Waals surface area contributed by atoms with E-state index in [1.54, 1.807) is 0 Å². The van der Waals surface area contributed by atoms with Gasteiger partial charge in [-0.2, -0.15) is 0 Å². The Morgan fingerprint density at radius 1 is 1.24 bits per heavy atom. The third kappa shape index (κ3) is 4.65. The lowest BCUT2D eigenvalue weighted by atomic mass is 10.0. The normalized spacial score (nSPS) is 14.3. The second kappa shape index (κ2) is 8.08. The molecule has 1 N–H and O–H groups in total. The van der Waals surface area contributed by atoms with Gasteiger partial charge in [-0.25, -0.2) is 0 Å². The van der Waals surface area contributed by atoms with Crippen molar-refractivity contribution in [3.63, 3.8) is 0 Å². The molecular weight excluding hydrogens is 344 g/mol. The quantitative estimate of drug-likeness (QED) is 0.752. The zero-order chi connectivity index (χ0) is 15.2. The topological polar surface area (TPSA) is 15.3 Å². The maximum Gasteiger partial charge on any atom is 0.0410 e. The summed E-state index contributed by atoms with van der Waals surface area (Å²) < 4.78 is 1.13. The number of halogens is 1. The van der Waals surface area contributed by atoms with Crippen LogP contribution in [0.25, 0.3) is 0 Å². The van der Waals surface area contributed by atoms with Crippen molar-refractivity contribution in [1.82, 2.24) is 10.2 Å². The predicted molar refractivity (Wildman–Crippen MR) is 95.9 cm³/mol. The Hall–Kier alpha value is -0.680. The molecular formula is C17H23BrN2S. The van der Waals surface area contributed by atoms with E-state index in [2.05, 4.69) is 81.9 Å². The summed E-state index contributed by atoms with van der Waals surface area (Å²) in [6.45, 7) is 3.35. The van der Waals surface area contributed by atoms with Gasteiger partial charge in [-0.15, -0.1) is 11.3 Å². The van der Waals surface area contributed by atoms with Crippen LogP contribution >= 0.6 is 27.3 Å². The van der Waals surface area contributed by atoms with Gasteiger partial charge in [-0.3, -0.25) is 4.90 Å². The maximum absolute atomic E-state index is 3.49. The van der Waals surface area contributed by atoms with Crippen molar-refractivity contribution < 1.29 is 0 Å². The molecule has 0 saturated heterocycles. The number of benzene rings is 1. The molecule has 0 aliphatic carbocycles. The summed E-state index contributed by atoms with van der Waals surface area (Å²) in [6, 6.07) is 13.8. The molecule has 2 rings (SSSR count). The van der Waals surface area contributed by atoms with E-state index in [4.69, 9.17) is 0 Å². The van der Waals surface area contributed by atoms with E-state index in [-0.39, 0.29) is 0 Å². The molecule has 114 valence electrons. The van der Waals surface area contributed by atoms with Gasteiger partial charge in [0.05, 0.1) is 0 Å². The zero-order valence-corrected chi connectivity index (χ0v) is 15.2. The van der Waals surface area contributed by atoms with Crippen LogP contribution in [-0.4, -0.2) is 25.5 Å². The van der Waals surface area contributed by atoms with Crippen molar-refractivity contribution in [3.05, 3.63) is 56.7 Å². The molecule has 21 heavy (non-hydrogen) atoms. The Bertz CT molecular complexity index is 524. The fraction of sp³-hybridized carbons (Fsp3) is 0.412. The summed E-state index contributed by atoms with van der Waals surface area (Å²) >= 11 is 5.33. The Labute approximate surface area is 140 Å². The van der Waals surface area contributed by atoms with Crippen LogP contribution in [-0.2, 0) is 0 Å². The van der Waals surface area contributed by atoms with E-state index in [1.807, 2.05) is 18.4 Å². The average molecular weight is 367 g/mol. The van der Waals surface area contributed by atoms with E-state index in [0.717, 1.165) is 17.4 Å². The summed E-state index contributed by atoms with van der Waals surface area (Å²) in [5.74, 6) is 0. The molecule has 1 aromatic carbocycles. The van der Waals surface area contributed by atoms with Crippen LogP contribution < -0.4 is 5.32 Å². The third-order valence-electron chi connectivity index (χ3n) is 4.01. The van der Waals surface area contributed by atoms with Gasteiger partial charge in [-0.1, -0.05) is 34.1 Å². The Morgan fingerprint density at radius 2 is 1.95 bits per heavy atom. The number of thiophene rings is 1. The SMILES string of the molecule is CNC(CCN(C)C(C)c1cccs1)c1ccc(Br)cc1. The molecule has 0 spiro atoms. The fourth-order valence-corrected chi connectivity index (χ4v) is 3.56. The summed E-state index contributed by atoms with van der Waals surface area (Å²) in [5, 5.41) is 5.58. The largest absolute Gasteiger partial charge is 0.313 e. The van der Waals surface area contributed by atoms with Crippen molar-refractivity contribution in [2.24, 2.45) is 0 Å². The van der Waals surface area contributed by atoms with Gasteiger partial charge >= 0.3 is 0 Å². The number of hydrogen-bond donors (Lipinski definition) is 1. The van der Waals surface area contributed by atoms with Crippen molar-refractivity contribution >= 4 is 27.3 Å². The lowest BCUT2D eigenvalue weighted by molar-refractivity contribution is 0.250. The summed E-state index contributed by atoms with van der Waals surface area (Å²) in [7, 11) is 4.24. The van der Waals surface area contributed by atoms with Crippen molar-refractivity contribution in [2.45, 2.75) is 25.4 Å². The highest BCUT2D eigenvalue weighted by Gasteiger charge is 2.15. The number of nitrogens with one attached hydrogen (secondary N) is 1. The summed E-state index contributed by atoms with van der Waals surface area (Å²) in [4.78, 5) is 3.86. The lowest BCUT2D eigenvalue weighted by Crippen LogP contribution is -2.27. The summed E-state index contributed by atoms with van der Waals surface area (Å²) in [6.07, 6.45) is 1.10. The molecule has 1 heterocycles. The van der Waals surface area contributed by atoms with E-state index >= 15 is 0 Å². The first-order chi connectivity index (χ1) is 10.1. The van der Waals surface area contributed by atoms with Gasteiger partial charge in [0.1, 0.15) is 0 Å². The molecule has 0 amide bonds. The first-order valence-corrected chi connectivity index (χ1v) is 8.95.